The number of esters is 1. The van der Waals surface area contributed by atoms with Crippen LogP contribution >= 0.6 is 0 Å². The van der Waals surface area contributed by atoms with E-state index in [2.05, 4.69) is 22.5 Å². The lowest BCUT2D eigenvalue weighted by Gasteiger charge is -2.38. The first kappa shape index (κ1) is 33.4. The summed E-state index contributed by atoms with van der Waals surface area (Å²) in [5.74, 6) is -0.0731. The van der Waals surface area contributed by atoms with E-state index in [0.717, 1.165) is 16.7 Å². The molecule has 1 aliphatic heterocycles. The summed E-state index contributed by atoms with van der Waals surface area (Å²) in [7, 11) is 0. The highest BCUT2D eigenvalue weighted by molar-refractivity contribution is 5.81. The Morgan fingerprint density at radius 1 is 1.07 bits per heavy atom. The van der Waals surface area contributed by atoms with E-state index in [1.807, 2.05) is 49.8 Å². The molecule has 2 N–H and O–H groups in total. The fraction of sp³-hybridized carbons (Fsp3) is 0.548. The number of fused-ring (bicyclic) bond motifs is 1. The minimum Gasteiger partial charge on any atom is -0.486 e. The molecular formula is C31H44N4O8. The fourth-order valence-electron chi connectivity index (χ4n) is 4.27. The van der Waals surface area contributed by atoms with Crippen LogP contribution in [0.4, 0.5) is 9.59 Å². The van der Waals surface area contributed by atoms with Crippen LogP contribution in [0.2, 0.25) is 0 Å². The van der Waals surface area contributed by atoms with E-state index in [9.17, 15) is 14.4 Å². The van der Waals surface area contributed by atoms with Gasteiger partial charge in [-0.05, 0) is 91.0 Å². The van der Waals surface area contributed by atoms with Crippen molar-refractivity contribution in [2.75, 3.05) is 13.2 Å². The molecule has 1 aromatic heterocycles. The molecule has 0 spiro atoms. The molecule has 3 rings (SSSR count). The van der Waals surface area contributed by atoms with Gasteiger partial charge in [0, 0.05) is 24.8 Å². The van der Waals surface area contributed by atoms with E-state index in [1.54, 1.807) is 27.0 Å². The Morgan fingerprint density at radius 2 is 1.79 bits per heavy atom. The van der Waals surface area contributed by atoms with Crippen molar-refractivity contribution < 1.29 is 38.2 Å². The molecule has 236 valence electrons. The normalized spacial score (nSPS) is 16.1. The fourth-order valence-corrected chi connectivity index (χ4v) is 4.27. The number of ether oxygens (including phenoxy) is 4. The number of carbonyl (C=O) groups is 3. The number of amides is 2. The molecule has 2 aromatic rings. The van der Waals surface area contributed by atoms with Crippen molar-refractivity contribution in [3.05, 3.63) is 48.8 Å². The second kappa shape index (κ2) is 13.9. The molecule has 12 nitrogen and oxygen atoms in total. The largest absolute Gasteiger partial charge is 0.486 e. The van der Waals surface area contributed by atoms with Gasteiger partial charge >= 0.3 is 18.2 Å². The number of alkyl carbamates (subject to hydrolysis) is 1. The maximum Gasteiger partial charge on any atom is 0.431 e. The number of hydrogen-bond acceptors (Lipinski definition) is 9. The average Bonchev–Trinajstić information content (AvgIpc) is 3.39. The van der Waals surface area contributed by atoms with E-state index in [-0.39, 0.29) is 6.61 Å². The first-order valence-corrected chi connectivity index (χ1v) is 14.3. The zero-order chi connectivity index (χ0) is 31.8. The van der Waals surface area contributed by atoms with Crippen molar-refractivity contribution >= 4 is 18.2 Å². The molecule has 2 atom stereocenters. The lowest BCUT2D eigenvalue weighted by molar-refractivity contribution is -0.204. The van der Waals surface area contributed by atoms with Gasteiger partial charge in [-0.1, -0.05) is 18.7 Å². The summed E-state index contributed by atoms with van der Waals surface area (Å²) < 4.78 is 23.9. The third-order valence-corrected chi connectivity index (χ3v) is 6.30. The lowest BCUT2D eigenvalue weighted by Crippen LogP contribution is -2.57. The number of benzene rings is 1. The smallest absolute Gasteiger partial charge is 0.431 e. The van der Waals surface area contributed by atoms with Gasteiger partial charge in [-0.15, -0.1) is 0 Å². The summed E-state index contributed by atoms with van der Waals surface area (Å²) in [5, 5.41) is 7.20. The summed E-state index contributed by atoms with van der Waals surface area (Å²) >= 11 is 0. The Balaban J connectivity index is 1.65. The van der Waals surface area contributed by atoms with E-state index in [0.29, 0.717) is 38.1 Å². The Hall–Kier alpha value is -4.06. The second-order valence-corrected chi connectivity index (χ2v) is 12.4. The van der Waals surface area contributed by atoms with Crippen LogP contribution in [0.25, 0.3) is 11.1 Å². The van der Waals surface area contributed by atoms with E-state index >= 15 is 0 Å². The third kappa shape index (κ3) is 10.0. The summed E-state index contributed by atoms with van der Waals surface area (Å²) in [4.78, 5) is 42.7. The van der Waals surface area contributed by atoms with Crippen LogP contribution in [0.3, 0.4) is 0 Å². The molecule has 1 aliphatic rings. The predicted molar refractivity (Wildman–Crippen MR) is 159 cm³/mol. The highest BCUT2D eigenvalue weighted by Crippen LogP contribution is 2.36. The molecule has 43 heavy (non-hydrogen) atoms. The van der Waals surface area contributed by atoms with Crippen molar-refractivity contribution in [3.63, 3.8) is 0 Å². The number of aromatic nitrogens is 2. The van der Waals surface area contributed by atoms with Crippen LogP contribution in [0.5, 0.6) is 5.75 Å². The van der Waals surface area contributed by atoms with Crippen LogP contribution in [-0.4, -0.2) is 64.0 Å². The average molecular weight is 601 g/mol. The van der Waals surface area contributed by atoms with Crippen molar-refractivity contribution in [2.45, 2.75) is 97.2 Å². The number of nitrogens with zero attached hydrogens (tertiary/aromatic N) is 2. The van der Waals surface area contributed by atoms with Gasteiger partial charge < -0.3 is 24.3 Å². The van der Waals surface area contributed by atoms with Crippen molar-refractivity contribution in [3.8, 4) is 16.9 Å². The van der Waals surface area contributed by atoms with Crippen molar-refractivity contribution in [1.29, 1.82) is 0 Å². The standard InChI is InChI=1S/C31H44N4O8/c1-9-17-39-28(38)34-43-31(8,26(36)41-29(2,3)4)25-14-12-22-18-21(11-13-24(22)40-25)23-19-33-35(20-23)16-10-15-32-27(37)42-30(5,6)7/h9,11,13,18-20,25H,1,10,12,14-17H2,2-8H3,(H,32,37)(H,34,38)/t25-,31+/m1/s1. The number of carbonyl (C=O) groups excluding carboxylic acids is 3. The summed E-state index contributed by atoms with van der Waals surface area (Å²) in [5.41, 5.74) is 2.08. The topological polar surface area (TPSA) is 139 Å². The van der Waals surface area contributed by atoms with Gasteiger partial charge in [-0.2, -0.15) is 10.6 Å². The Bertz CT molecular complexity index is 1290. The molecule has 12 heteroatoms. The van der Waals surface area contributed by atoms with Crippen LogP contribution in [0.15, 0.2) is 43.2 Å². The van der Waals surface area contributed by atoms with Crippen LogP contribution < -0.4 is 15.5 Å². The Labute approximate surface area is 253 Å². The number of aryl methyl sites for hydroxylation is 2. The molecular weight excluding hydrogens is 556 g/mol. The van der Waals surface area contributed by atoms with Crippen molar-refractivity contribution in [1.82, 2.24) is 20.6 Å². The SMILES string of the molecule is C=CCOC(=O)NO[C@](C)(C(=O)OC(C)(C)C)[C@H]1CCc2cc(-c3cnn(CCCNC(=O)OC(C)(C)C)c3)ccc2O1. The number of rotatable bonds is 11. The van der Waals surface area contributed by atoms with E-state index in [4.69, 9.17) is 23.8 Å². The Kier molecular flexibility index (Phi) is 10.8. The van der Waals surface area contributed by atoms with Gasteiger partial charge in [0.1, 0.15) is 29.7 Å². The zero-order valence-electron chi connectivity index (χ0n) is 26.2. The van der Waals surface area contributed by atoms with Gasteiger partial charge in [0.05, 0.1) is 6.20 Å². The Morgan fingerprint density at radius 3 is 2.47 bits per heavy atom. The monoisotopic (exact) mass is 600 g/mol. The van der Waals surface area contributed by atoms with E-state index < -0.39 is 41.1 Å². The molecule has 1 aromatic carbocycles. The van der Waals surface area contributed by atoms with Gasteiger partial charge in [0.25, 0.3) is 0 Å². The number of hydrogen-bond donors (Lipinski definition) is 2. The predicted octanol–water partition coefficient (Wildman–Crippen LogP) is 5.10. The zero-order valence-corrected chi connectivity index (χ0v) is 26.2. The molecule has 0 bridgehead atoms. The highest BCUT2D eigenvalue weighted by Gasteiger charge is 2.49. The molecule has 0 saturated heterocycles. The van der Waals surface area contributed by atoms with Crippen LogP contribution in [-0.2, 0) is 36.8 Å². The molecule has 2 heterocycles. The quantitative estimate of drug-likeness (QED) is 0.119. The van der Waals surface area contributed by atoms with Gasteiger partial charge in [0.2, 0.25) is 5.60 Å². The van der Waals surface area contributed by atoms with Gasteiger partial charge in [-0.3, -0.25) is 4.68 Å². The third-order valence-electron chi connectivity index (χ3n) is 6.30. The minimum absolute atomic E-state index is 0.0157. The molecule has 0 unspecified atom stereocenters. The van der Waals surface area contributed by atoms with Crippen molar-refractivity contribution in [2.24, 2.45) is 0 Å². The first-order valence-electron chi connectivity index (χ1n) is 14.3. The summed E-state index contributed by atoms with van der Waals surface area (Å²) in [6.45, 7) is 16.8. The number of nitrogens with one attached hydrogen (secondary N) is 2. The molecule has 0 fully saturated rings. The highest BCUT2D eigenvalue weighted by atomic mass is 16.7. The second-order valence-electron chi connectivity index (χ2n) is 12.4. The van der Waals surface area contributed by atoms with E-state index in [1.165, 1.54) is 13.0 Å². The van der Waals surface area contributed by atoms with Crippen LogP contribution in [0.1, 0.15) is 66.9 Å². The number of hydroxylamine groups is 1. The van der Waals surface area contributed by atoms with Gasteiger partial charge in [-0.25, -0.2) is 19.2 Å². The maximum atomic E-state index is 13.3. The van der Waals surface area contributed by atoms with Gasteiger partial charge in [0.15, 0.2) is 0 Å². The summed E-state index contributed by atoms with van der Waals surface area (Å²) in [6, 6.07) is 5.80. The molecule has 0 radical (unpaired) electrons. The maximum absolute atomic E-state index is 13.3. The first-order chi connectivity index (χ1) is 20.1. The summed E-state index contributed by atoms with van der Waals surface area (Å²) in [6.07, 6.45) is 4.83. The molecule has 0 saturated carbocycles. The minimum atomic E-state index is -1.66. The van der Waals surface area contributed by atoms with Crippen LogP contribution in [0, 0.1) is 0 Å². The molecule has 2 amide bonds. The lowest BCUT2D eigenvalue weighted by atomic mass is 9.89. The molecule has 0 aliphatic carbocycles.